The molecule has 0 bridgehead atoms. The third-order valence-corrected chi connectivity index (χ3v) is 3.30. The van der Waals surface area contributed by atoms with Crippen molar-refractivity contribution in [3.63, 3.8) is 0 Å². The van der Waals surface area contributed by atoms with Crippen molar-refractivity contribution in [2.24, 2.45) is 5.92 Å². The van der Waals surface area contributed by atoms with Crippen LogP contribution in [0.5, 0.6) is 0 Å². The van der Waals surface area contributed by atoms with Crippen molar-refractivity contribution in [1.29, 1.82) is 0 Å². The Labute approximate surface area is 87.7 Å². The normalized spacial score (nSPS) is 30.2. The predicted molar refractivity (Wildman–Crippen MR) is 58.3 cm³/mol. The highest BCUT2D eigenvalue weighted by Crippen LogP contribution is 2.29. The van der Waals surface area contributed by atoms with Crippen LogP contribution in [0, 0.1) is 5.92 Å². The van der Waals surface area contributed by atoms with E-state index in [1.165, 1.54) is 19.3 Å². The van der Waals surface area contributed by atoms with Gasteiger partial charge in [-0.25, -0.2) is 0 Å². The third kappa shape index (κ3) is 3.97. The molecule has 1 N–H and O–H groups in total. The molecule has 14 heavy (non-hydrogen) atoms. The van der Waals surface area contributed by atoms with Gasteiger partial charge in [-0.2, -0.15) is 0 Å². The molecule has 1 fully saturated rings. The van der Waals surface area contributed by atoms with Crippen molar-refractivity contribution in [1.82, 2.24) is 0 Å². The fourth-order valence-electron chi connectivity index (χ4n) is 2.51. The van der Waals surface area contributed by atoms with Gasteiger partial charge in [0.25, 0.3) is 0 Å². The Balaban J connectivity index is 2.22. The van der Waals surface area contributed by atoms with E-state index in [1.807, 2.05) is 0 Å². The summed E-state index contributed by atoms with van der Waals surface area (Å²) in [5.41, 5.74) is 0. The SMILES string of the molecule is CCCC(O)CC1CCCC(OC)C1. The molecular formula is C12H24O2. The summed E-state index contributed by atoms with van der Waals surface area (Å²) in [6.07, 6.45) is 8.28. The molecular weight excluding hydrogens is 176 g/mol. The molecule has 0 aromatic rings. The second kappa shape index (κ2) is 6.41. The second-order valence-corrected chi connectivity index (χ2v) is 4.57. The average molecular weight is 200 g/mol. The quantitative estimate of drug-likeness (QED) is 0.739. The maximum Gasteiger partial charge on any atom is 0.0574 e. The van der Waals surface area contributed by atoms with Crippen LogP contribution >= 0.6 is 0 Å². The number of rotatable bonds is 5. The first kappa shape index (κ1) is 12.0. The van der Waals surface area contributed by atoms with E-state index < -0.39 is 0 Å². The smallest absolute Gasteiger partial charge is 0.0574 e. The first-order valence-corrected chi connectivity index (χ1v) is 5.97. The van der Waals surface area contributed by atoms with Gasteiger partial charge in [-0.3, -0.25) is 0 Å². The van der Waals surface area contributed by atoms with E-state index in [-0.39, 0.29) is 6.10 Å². The highest BCUT2D eigenvalue weighted by atomic mass is 16.5. The summed E-state index contributed by atoms with van der Waals surface area (Å²) < 4.78 is 5.38. The van der Waals surface area contributed by atoms with Gasteiger partial charge in [-0.1, -0.05) is 26.2 Å². The molecule has 0 amide bonds. The average Bonchev–Trinajstić information content (AvgIpc) is 2.18. The van der Waals surface area contributed by atoms with E-state index in [4.69, 9.17) is 4.74 Å². The Morgan fingerprint density at radius 2 is 2.21 bits per heavy atom. The lowest BCUT2D eigenvalue weighted by molar-refractivity contribution is 0.0343. The van der Waals surface area contributed by atoms with Crippen LogP contribution in [0.2, 0.25) is 0 Å². The van der Waals surface area contributed by atoms with Crippen LogP contribution in [0.25, 0.3) is 0 Å². The van der Waals surface area contributed by atoms with Crippen LogP contribution in [0.3, 0.4) is 0 Å². The molecule has 2 nitrogen and oxygen atoms in total. The molecule has 2 heteroatoms. The lowest BCUT2D eigenvalue weighted by Gasteiger charge is -2.29. The molecule has 1 saturated carbocycles. The largest absolute Gasteiger partial charge is 0.393 e. The number of aliphatic hydroxyl groups excluding tert-OH is 1. The van der Waals surface area contributed by atoms with Crippen LogP contribution in [0.4, 0.5) is 0 Å². The van der Waals surface area contributed by atoms with E-state index in [9.17, 15) is 5.11 Å². The molecule has 0 spiro atoms. The molecule has 1 aliphatic rings. The van der Waals surface area contributed by atoms with Crippen molar-refractivity contribution >= 4 is 0 Å². The van der Waals surface area contributed by atoms with Gasteiger partial charge in [0.15, 0.2) is 0 Å². The minimum absolute atomic E-state index is 0.0828. The highest BCUT2D eigenvalue weighted by Gasteiger charge is 2.23. The zero-order valence-electron chi connectivity index (χ0n) is 9.54. The fourth-order valence-corrected chi connectivity index (χ4v) is 2.51. The van der Waals surface area contributed by atoms with Crippen LogP contribution < -0.4 is 0 Å². The minimum Gasteiger partial charge on any atom is -0.393 e. The lowest BCUT2D eigenvalue weighted by Crippen LogP contribution is -2.24. The minimum atomic E-state index is -0.0828. The van der Waals surface area contributed by atoms with Crippen LogP contribution in [0.1, 0.15) is 51.9 Å². The first-order chi connectivity index (χ1) is 6.76. The van der Waals surface area contributed by atoms with Gasteiger partial charge < -0.3 is 9.84 Å². The Bertz CT molecular complexity index is 147. The Hall–Kier alpha value is -0.0800. The van der Waals surface area contributed by atoms with Gasteiger partial charge in [-0.15, -0.1) is 0 Å². The molecule has 3 atom stereocenters. The zero-order chi connectivity index (χ0) is 10.4. The number of methoxy groups -OCH3 is 1. The lowest BCUT2D eigenvalue weighted by atomic mass is 9.83. The summed E-state index contributed by atoms with van der Waals surface area (Å²) >= 11 is 0. The Morgan fingerprint density at radius 3 is 2.86 bits per heavy atom. The van der Waals surface area contributed by atoms with E-state index in [0.717, 1.165) is 25.7 Å². The van der Waals surface area contributed by atoms with Gasteiger partial charge in [0, 0.05) is 7.11 Å². The second-order valence-electron chi connectivity index (χ2n) is 4.57. The highest BCUT2D eigenvalue weighted by molar-refractivity contribution is 4.75. The molecule has 0 aromatic heterocycles. The standard InChI is InChI=1S/C12H24O2/c1-3-5-11(13)8-10-6-4-7-12(9-10)14-2/h10-13H,3-9H2,1-2H3. The summed E-state index contributed by atoms with van der Waals surface area (Å²) in [4.78, 5) is 0. The summed E-state index contributed by atoms with van der Waals surface area (Å²) in [6, 6.07) is 0. The van der Waals surface area contributed by atoms with Crippen LogP contribution in [0.15, 0.2) is 0 Å². The molecule has 0 aliphatic heterocycles. The Morgan fingerprint density at radius 1 is 1.43 bits per heavy atom. The van der Waals surface area contributed by atoms with E-state index >= 15 is 0 Å². The molecule has 0 radical (unpaired) electrons. The summed E-state index contributed by atoms with van der Waals surface area (Å²) in [6.45, 7) is 2.13. The molecule has 1 aliphatic carbocycles. The van der Waals surface area contributed by atoms with Gasteiger partial charge in [0.05, 0.1) is 12.2 Å². The monoisotopic (exact) mass is 200 g/mol. The summed E-state index contributed by atoms with van der Waals surface area (Å²) in [5, 5.41) is 9.72. The maximum absolute atomic E-state index is 9.72. The number of hydrogen-bond donors (Lipinski definition) is 1. The fraction of sp³-hybridized carbons (Fsp3) is 1.00. The van der Waals surface area contributed by atoms with E-state index in [1.54, 1.807) is 7.11 Å². The number of hydrogen-bond acceptors (Lipinski definition) is 2. The topological polar surface area (TPSA) is 29.5 Å². The zero-order valence-corrected chi connectivity index (χ0v) is 9.54. The van der Waals surface area contributed by atoms with Gasteiger partial charge in [-0.05, 0) is 31.6 Å². The molecule has 1 rings (SSSR count). The van der Waals surface area contributed by atoms with E-state index in [0.29, 0.717) is 12.0 Å². The van der Waals surface area contributed by atoms with Crippen molar-refractivity contribution < 1.29 is 9.84 Å². The van der Waals surface area contributed by atoms with Gasteiger partial charge in [0.1, 0.15) is 0 Å². The van der Waals surface area contributed by atoms with Crippen molar-refractivity contribution in [3.05, 3.63) is 0 Å². The summed E-state index contributed by atoms with van der Waals surface area (Å²) in [7, 11) is 1.80. The van der Waals surface area contributed by atoms with Crippen LogP contribution in [-0.4, -0.2) is 24.4 Å². The maximum atomic E-state index is 9.72. The number of aliphatic hydroxyl groups is 1. The molecule has 0 aromatic carbocycles. The van der Waals surface area contributed by atoms with Crippen molar-refractivity contribution in [2.75, 3.05) is 7.11 Å². The first-order valence-electron chi connectivity index (χ1n) is 5.97. The van der Waals surface area contributed by atoms with Crippen LogP contribution in [-0.2, 0) is 4.74 Å². The Kier molecular flexibility index (Phi) is 5.49. The van der Waals surface area contributed by atoms with E-state index in [2.05, 4.69) is 6.92 Å². The molecule has 0 saturated heterocycles. The molecule has 84 valence electrons. The molecule has 0 heterocycles. The number of ether oxygens (including phenoxy) is 1. The van der Waals surface area contributed by atoms with Gasteiger partial charge >= 0.3 is 0 Å². The van der Waals surface area contributed by atoms with Crippen molar-refractivity contribution in [3.8, 4) is 0 Å². The third-order valence-electron chi connectivity index (χ3n) is 3.30. The van der Waals surface area contributed by atoms with Crippen molar-refractivity contribution in [2.45, 2.75) is 64.1 Å². The molecule has 3 unspecified atom stereocenters. The predicted octanol–water partition coefficient (Wildman–Crippen LogP) is 2.74. The summed E-state index contributed by atoms with van der Waals surface area (Å²) in [5.74, 6) is 0.690. The van der Waals surface area contributed by atoms with Gasteiger partial charge in [0.2, 0.25) is 0 Å².